The summed E-state index contributed by atoms with van der Waals surface area (Å²) in [5.41, 5.74) is 1.12. The number of amides is 2. The Hall–Kier alpha value is -3.52. The molecule has 1 aliphatic rings. The fourth-order valence-electron chi connectivity index (χ4n) is 3.09. The Labute approximate surface area is 227 Å². The van der Waals surface area contributed by atoms with Gasteiger partial charge in [-0.05, 0) is 54.1 Å². The van der Waals surface area contributed by atoms with Crippen molar-refractivity contribution >= 4 is 79.3 Å². The first kappa shape index (κ1) is 26.5. The van der Waals surface area contributed by atoms with Crippen LogP contribution in [0.3, 0.4) is 0 Å². The minimum Gasteiger partial charge on any atom is -0.480 e. The van der Waals surface area contributed by atoms with Crippen LogP contribution in [0.15, 0.2) is 70.5 Å². The SMILES string of the molecule is COc1ccc(NS(=O)(=O)c2ccc(NC(=O)CN3C(=O)C(=Cc4ccc(Cl)cc4)SC3=S)cc2)nn1. The molecule has 0 spiro atoms. The summed E-state index contributed by atoms with van der Waals surface area (Å²) in [6.07, 6.45) is 1.68. The zero-order valence-corrected chi connectivity index (χ0v) is 22.2. The smallest absolute Gasteiger partial charge is 0.266 e. The first-order valence-electron chi connectivity index (χ1n) is 10.5. The van der Waals surface area contributed by atoms with Gasteiger partial charge in [-0.3, -0.25) is 19.2 Å². The van der Waals surface area contributed by atoms with Crippen LogP contribution in [0.4, 0.5) is 11.5 Å². The zero-order chi connectivity index (χ0) is 26.6. The molecule has 1 saturated heterocycles. The van der Waals surface area contributed by atoms with E-state index in [1.807, 2.05) is 0 Å². The lowest BCUT2D eigenvalue weighted by molar-refractivity contribution is -0.126. The van der Waals surface area contributed by atoms with E-state index in [-0.39, 0.29) is 33.4 Å². The van der Waals surface area contributed by atoms with Gasteiger partial charge in [-0.1, -0.05) is 47.7 Å². The molecular weight excluding hydrogens is 558 g/mol. The highest BCUT2D eigenvalue weighted by Crippen LogP contribution is 2.32. The Morgan fingerprint density at radius 1 is 1.11 bits per heavy atom. The lowest BCUT2D eigenvalue weighted by Crippen LogP contribution is -2.36. The number of nitrogens with zero attached hydrogens (tertiary/aromatic N) is 3. The summed E-state index contributed by atoms with van der Waals surface area (Å²) in [5.74, 6) is -0.612. The predicted molar refractivity (Wildman–Crippen MR) is 146 cm³/mol. The lowest BCUT2D eigenvalue weighted by Gasteiger charge is -2.14. The van der Waals surface area contributed by atoms with Crippen molar-refractivity contribution < 1.29 is 22.7 Å². The molecule has 2 heterocycles. The average Bonchev–Trinajstić information content (AvgIpc) is 3.13. The molecule has 14 heteroatoms. The molecule has 2 amide bonds. The fraction of sp³-hybridized carbons (Fsp3) is 0.0870. The Morgan fingerprint density at radius 2 is 1.81 bits per heavy atom. The zero-order valence-electron chi connectivity index (χ0n) is 19.0. The monoisotopic (exact) mass is 575 g/mol. The number of hydrogen-bond donors (Lipinski definition) is 2. The highest BCUT2D eigenvalue weighted by atomic mass is 35.5. The number of thioether (sulfide) groups is 1. The number of carbonyl (C=O) groups is 2. The second-order valence-electron chi connectivity index (χ2n) is 7.46. The van der Waals surface area contributed by atoms with Gasteiger partial charge in [0.05, 0.1) is 16.9 Å². The Kier molecular flexibility index (Phi) is 8.07. The van der Waals surface area contributed by atoms with Crippen LogP contribution < -0.4 is 14.8 Å². The van der Waals surface area contributed by atoms with Crippen molar-refractivity contribution in [2.75, 3.05) is 23.7 Å². The van der Waals surface area contributed by atoms with E-state index >= 15 is 0 Å². The summed E-state index contributed by atoms with van der Waals surface area (Å²) in [5, 5.41) is 10.7. The van der Waals surface area contributed by atoms with Crippen LogP contribution >= 0.6 is 35.6 Å². The van der Waals surface area contributed by atoms with Gasteiger partial charge in [0.25, 0.3) is 15.9 Å². The number of methoxy groups -OCH3 is 1. The molecule has 1 aliphatic heterocycles. The van der Waals surface area contributed by atoms with Crippen LogP contribution in [0.2, 0.25) is 5.02 Å². The number of hydrogen-bond acceptors (Lipinski definition) is 9. The number of anilines is 2. The van der Waals surface area contributed by atoms with Gasteiger partial charge in [-0.15, -0.1) is 10.2 Å². The maximum absolute atomic E-state index is 12.8. The summed E-state index contributed by atoms with van der Waals surface area (Å²) in [6.45, 7) is -0.291. The van der Waals surface area contributed by atoms with Gasteiger partial charge in [0.15, 0.2) is 5.82 Å². The highest BCUT2D eigenvalue weighted by Gasteiger charge is 2.33. The molecule has 190 valence electrons. The number of sulfonamides is 1. The predicted octanol–water partition coefficient (Wildman–Crippen LogP) is 3.78. The van der Waals surface area contributed by atoms with Crippen molar-refractivity contribution in [3.8, 4) is 5.88 Å². The molecule has 2 N–H and O–H groups in total. The number of aromatic nitrogens is 2. The fourth-order valence-corrected chi connectivity index (χ4v) is 5.47. The summed E-state index contributed by atoms with van der Waals surface area (Å²) in [7, 11) is -2.52. The van der Waals surface area contributed by atoms with Crippen LogP contribution in [-0.2, 0) is 19.6 Å². The van der Waals surface area contributed by atoms with Crippen molar-refractivity contribution in [1.29, 1.82) is 0 Å². The van der Waals surface area contributed by atoms with Crippen LogP contribution in [0.1, 0.15) is 5.56 Å². The largest absolute Gasteiger partial charge is 0.480 e. The van der Waals surface area contributed by atoms with E-state index in [1.165, 1.54) is 48.4 Å². The van der Waals surface area contributed by atoms with Crippen molar-refractivity contribution in [1.82, 2.24) is 15.1 Å². The number of benzene rings is 2. The minimum absolute atomic E-state index is 0.0202. The van der Waals surface area contributed by atoms with Crippen LogP contribution in [-0.4, -0.2) is 53.3 Å². The molecule has 2 aromatic carbocycles. The van der Waals surface area contributed by atoms with Crippen molar-refractivity contribution in [3.05, 3.63) is 76.2 Å². The molecule has 0 atom stereocenters. The second-order valence-corrected chi connectivity index (χ2v) is 11.3. The number of carbonyl (C=O) groups excluding carboxylic acids is 2. The molecule has 0 aliphatic carbocycles. The Bertz CT molecular complexity index is 1480. The number of rotatable bonds is 8. The van der Waals surface area contributed by atoms with Gasteiger partial charge in [0.1, 0.15) is 10.9 Å². The normalized spacial score (nSPS) is 14.6. The molecule has 0 radical (unpaired) electrons. The summed E-state index contributed by atoms with van der Waals surface area (Å²) in [6, 6.07) is 15.3. The minimum atomic E-state index is -3.94. The quantitative estimate of drug-likeness (QED) is 0.304. The lowest BCUT2D eigenvalue weighted by atomic mass is 10.2. The Balaban J connectivity index is 1.37. The van der Waals surface area contributed by atoms with Crippen molar-refractivity contribution in [2.45, 2.75) is 4.90 Å². The maximum atomic E-state index is 12.8. The van der Waals surface area contributed by atoms with E-state index in [0.717, 1.165) is 17.3 Å². The van der Waals surface area contributed by atoms with Crippen LogP contribution in [0.5, 0.6) is 5.88 Å². The summed E-state index contributed by atoms with van der Waals surface area (Å²) >= 11 is 12.3. The third-order valence-electron chi connectivity index (χ3n) is 4.88. The van der Waals surface area contributed by atoms with E-state index in [9.17, 15) is 18.0 Å². The molecule has 3 aromatic rings. The number of halogens is 1. The third kappa shape index (κ3) is 6.63. The van der Waals surface area contributed by atoms with Crippen molar-refractivity contribution in [2.24, 2.45) is 0 Å². The standard InChI is InChI=1S/C23H18ClN5O5S3/c1-34-21-11-10-19(26-27-21)28-37(32,33)17-8-6-16(7-9-17)25-20(30)13-29-22(31)18(36-23(29)35)12-14-2-4-15(24)5-3-14/h2-12H,13H2,1H3,(H,25,30)(H,26,28). The molecular formula is C23H18ClN5O5S3. The van der Waals surface area contributed by atoms with E-state index in [2.05, 4.69) is 20.2 Å². The van der Waals surface area contributed by atoms with Gasteiger partial charge >= 0.3 is 0 Å². The van der Waals surface area contributed by atoms with Gasteiger partial charge < -0.3 is 10.1 Å². The average molecular weight is 576 g/mol. The third-order valence-corrected chi connectivity index (χ3v) is 7.88. The summed E-state index contributed by atoms with van der Waals surface area (Å²) < 4.78 is 32.7. The molecule has 10 nitrogen and oxygen atoms in total. The van der Waals surface area contributed by atoms with Gasteiger partial charge in [-0.2, -0.15) is 0 Å². The molecule has 1 aromatic heterocycles. The van der Waals surface area contributed by atoms with Gasteiger partial charge in [0.2, 0.25) is 11.8 Å². The topological polar surface area (TPSA) is 131 Å². The Morgan fingerprint density at radius 3 is 2.43 bits per heavy atom. The van der Waals surface area contributed by atoms with Crippen LogP contribution in [0, 0.1) is 0 Å². The van der Waals surface area contributed by atoms with E-state index in [1.54, 1.807) is 30.3 Å². The van der Waals surface area contributed by atoms with Gasteiger partial charge in [-0.25, -0.2) is 8.42 Å². The number of ether oxygens (including phenoxy) is 1. The molecule has 0 saturated carbocycles. The molecule has 0 unspecified atom stereocenters. The first-order chi connectivity index (χ1) is 17.6. The summed E-state index contributed by atoms with van der Waals surface area (Å²) in [4.78, 5) is 26.9. The number of nitrogens with one attached hydrogen (secondary N) is 2. The molecule has 4 rings (SSSR count). The van der Waals surface area contributed by atoms with E-state index in [0.29, 0.717) is 15.6 Å². The second kappa shape index (κ2) is 11.3. The van der Waals surface area contributed by atoms with E-state index in [4.69, 9.17) is 28.6 Å². The first-order valence-corrected chi connectivity index (χ1v) is 13.5. The molecule has 37 heavy (non-hydrogen) atoms. The maximum Gasteiger partial charge on any atom is 0.266 e. The molecule has 1 fully saturated rings. The van der Waals surface area contributed by atoms with Crippen molar-refractivity contribution in [3.63, 3.8) is 0 Å². The van der Waals surface area contributed by atoms with Crippen LogP contribution in [0.25, 0.3) is 6.08 Å². The number of thiocarbonyl (C=S) groups is 1. The van der Waals surface area contributed by atoms with Gasteiger partial charge in [0, 0.05) is 16.8 Å². The highest BCUT2D eigenvalue weighted by molar-refractivity contribution is 8.26. The molecule has 0 bridgehead atoms. The van der Waals surface area contributed by atoms with E-state index < -0.39 is 15.9 Å².